The molecule has 23 heavy (non-hydrogen) atoms. The van der Waals surface area contributed by atoms with Crippen molar-refractivity contribution in [1.29, 1.82) is 0 Å². The first kappa shape index (κ1) is 18.1. The Morgan fingerprint density at radius 3 is 2.70 bits per heavy atom. The summed E-state index contributed by atoms with van der Waals surface area (Å²) >= 11 is 5.92. The maximum atomic E-state index is 13.8. The minimum absolute atomic E-state index is 0.0837. The summed E-state index contributed by atoms with van der Waals surface area (Å²) in [6, 6.07) is 4.13. The summed E-state index contributed by atoms with van der Waals surface area (Å²) in [6.45, 7) is 1.28. The summed E-state index contributed by atoms with van der Waals surface area (Å²) < 4.78 is 41.0. The third kappa shape index (κ3) is 3.50. The average Bonchev–Trinajstić information content (AvgIpc) is 2.87. The topological polar surface area (TPSA) is 77.9 Å². The molecule has 1 saturated heterocycles. The van der Waals surface area contributed by atoms with Crippen LogP contribution in [0.25, 0.3) is 0 Å². The van der Waals surface area contributed by atoms with Gasteiger partial charge in [0.25, 0.3) is 10.2 Å². The van der Waals surface area contributed by atoms with Crippen LogP contribution in [0.5, 0.6) is 0 Å². The van der Waals surface area contributed by atoms with Gasteiger partial charge in [-0.05, 0) is 25.5 Å². The fourth-order valence-electron chi connectivity index (χ4n) is 2.48. The molecule has 0 bridgehead atoms. The van der Waals surface area contributed by atoms with Crippen molar-refractivity contribution in [3.05, 3.63) is 34.6 Å². The number of rotatable bonds is 5. The quantitative estimate of drug-likeness (QED) is 0.866. The predicted molar refractivity (Wildman–Crippen MR) is 83.7 cm³/mol. The molecular weight excluding hydrogens is 347 g/mol. The van der Waals surface area contributed by atoms with E-state index in [9.17, 15) is 22.7 Å². The third-order valence-corrected chi connectivity index (χ3v) is 6.35. The number of carbonyl (C=O) groups is 1. The summed E-state index contributed by atoms with van der Waals surface area (Å²) in [5.41, 5.74) is -1.02. The van der Waals surface area contributed by atoms with Crippen LogP contribution in [0.3, 0.4) is 0 Å². The van der Waals surface area contributed by atoms with E-state index in [1.165, 1.54) is 32.2 Å². The zero-order valence-corrected chi connectivity index (χ0v) is 14.4. The molecule has 0 spiro atoms. The van der Waals surface area contributed by atoms with Gasteiger partial charge >= 0.3 is 5.97 Å². The molecule has 0 aromatic heterocycles. The van der Waals surface area contributed by atoms with Crippen molar-refractivity contribution < 1.29 is 22.7 Å². The van der Waals surface area contributed by atoms with E-state index in [0.717, 1.165) is 8.61 Å². The van der Waals surface area contributed by atoms with Crippen molar-refractivity contribution in [1.82, 2.24) is 8.61 Å². The number of aliphatic carboxylic acids is 1. The molecule has 9 heteroatoms. The van der Waals surface area contributed by atoms with Crippen LogP contribution in [0.4, 0.5) is 4.39 Å². The van der Waals surface area contributed by atoms with Crippen molar-refractivity contribution in [3.8, 4) is 0 Å². The predicted octanol–water partition coefficient (Wildman–Crippen LogP) is 1.95. The molecule has 0 amide bonds. The largest absolute Gasteiger partial charge is 0.481 e. The molecule has 128 valence electrons. The van der Waals surface area contributed by atoms with Gasteiger partial charge < -0.3 is 5.11 Å². The Balaban J connectivity index is 2.19. The first-order valence-corrected chi connectivity index (χ1v) is 8.73. The van der Waals surface area contributed by atoms with Crippen molar-refractivity contribution in [2.75, 3.05) is 20.1 Å². The van der Waals surface area contributed by atoms with Gasteiger partial charge in [-0.25, -0.2) is 4.39 Å². The van der Waals surface area contributed by atoms with Crippen LogP contribution in [0.15, 0.2) is 18.2 Å². The van der Waals surface area contributed by atoms with Gasteiger partial charge in [0.1, 0.15) is 5.82 Å². The maximum absolute atomic E-state index is 13.8. The molecule has 2 rings (SSSR count). The molecule has 0 saturated carbocycles. The lowest BCUT2D eigenvalue weighted by molar-refractivity contribution is -0.146. The lowest BCUT2D eigenvalue weighted by atomic mass is 9.90. The van der Waals surface area contributed by atoms with E-state index in [4.69, 9.17) is 11.6 Å². The van der Waals surface area contributed by atoms with Crippen LogP contribution < -0.4 is 0 Å². The highest BCUT2D eigenvalue weighted by Crippen LogP contribution is 2.33. The SMILES string of the molecule is CN(Cc1c(F)cccc1Cl)S(=O)(=O)N1CCC(C)(C(=O)O)C1. The molecule has 1 N–H and O–H groups in total. The Bertz CT molecular complexity index is 707. The van der Waals surface area contributed by atoms with Gasteiger partial charge in [-0.1, -0.05) is 17.7 Å². The van der Waals surface area contributed by atoms with Gasteiger partial charge in [-0.15, -0.1) is 0 Å². The smallest absolute Gasteiger partial charge is 0.310 e. The Morgan fingerprint density at radius 1 is 1.52 bits per heavy atom. The number of benzene rings is 1. The number of hydrogen-bond acceptors (Lipinski definition) is 3. The zero-order valence-electron chi connectivity index (χ0n) is 12.8. The summed E-state index contributed by atoms with van der Waals surface area (Å²) in [5, 5.41) is 9.34. The highest BCUT2D eigenvalue weighted by atomic mass is 35.5. The van der Waals surface area contributed by atoms with Gasteiger partial charge in [0.15, 0.2) is 0 Å². The molecule has 1 aliphatic rings. The average molecular weight is 365 g/mol. The van der Waals surface area contributed by atoms with Crippen LogP contribution in [0.2, 0.25) is 5.02 Å². The fourth-order valence-corrected chi connectivity index (χ4v) is 4.15. The first-order valence-electron chi connectivity index (χ1n) is 6.95. The van der Waals surface area contributed by atoms with Crippen molar-refractivity contribution >= 4 is 27.8 Å². The van der Waals surface area contributed by atoms with Crippen molar-refractivity contribution in [2.24, 2.45) is 5.41 Å². The van der Waals surface area contributed by atoms with Gasteiger partial charge in [0, 0.05) is 37.3 Å². The molecule has 1 fully saturated rings. The highest BCUT2D eigenvalue weighted by Gasteiger charge is 2.45. The highest BCUT2D eigenvalue weighted by molar-refractivity contribution is 7.86. The van der Waals surface area contributed by atoms with E-state index in [1.54, 1.807) is 0 Å². The standard InChI is InChI=1S/C14H18ClFN2O4S/c1-14(13(19)20)6-7-18(9-14)23(21,22)17(2)8-10-11(15)4-3-5-12(10)16/h3-5H,6-9H2,1-2H3,(H,19,20). The summed E-state index contributed by atoms with van der Waals surface area (Å²) in [7, 11) is -2.58. The molecule has 1 atom stereocenters. The monoisotopic (exact) mass is 364 g/mol. The third-order valence-electron chi connectivity index (χ3n) is 4.12. The van der Waals surface area contributed by atoms with Gasteiger partial charge in [-0.3, -0.25) is 4.79 Å². The van der Waals surface area contributed by atoms with Gasteiger partial charge in [0.05, 0.1) is 5.41 Å². The normalized spacial score (nSPS) is 22.7. The molecule has 1 aromatic carbocycles. The van der Waals surface area contributed by atoms with E-state index in [-0.39, 0.29) is 36.6 Å². The van der Waals surface area contributed by atoms with Crippen molar-refractivity contribution in [3.63, 3.8) is 0 Å². The summed E-state index contributed by atoms with van der Waals surface area (Å²) in [4.78, 5) is 11.2. The molecule has 0 aliphatic carbocycles. The van der Waals surface area contributed by atoms with Crippen LogP contribution in [-0.4, -0.2) is 48.2 Å². The van der Waals surface area contributed by atoms with Gasteiger partial charge in [-0.2, -0.15) is 17.0 Å². The first-order chi connectivity index (χ1) is 10.6. The second-order valence-corrected chi connectivity index (χ2v) is 8.36. The van der Waals surface area contributed by atoms with E-state index in [1.807, 2.05) is 0 Å². The molecule has 1 heterocycles. The van der Waals surface area contributed by atoms with Gasteiger partial charge in [0.2, 0.25) is 0 Å². The number of carboxylic acid groups (broad SMARTS) is 1. The lowest BCUT2D eigenvalue weighted by Gasteiger charge is -2.25. The summed E-state index contributed by atoms with van der Waals surface area (Å²) in [6.07, 6.45) is 0.232. The van der Waals surface area contributed by atoms with Crippen molar-refractivity contribution in [2.45, 2.75) is 19.9 Å². The van der Waals surface area contributed by atoms with Crippen LogP contribution >= 0.6 is 11.6 Å². The Morgan fingerprint density at radius 2 is 2.17 bits per heavy atom. The maximum Gasteiger partial charge on any atom is 0.310 e. The molecule has 1 aliphatic heterocycles. The van der Waals surface area contributed by atoms with Crippen LogP contribution in [0, 0.1) is 11.2 Å². The van der Waals surface area contributed by atoms with E-state index in [0.29, 0.717) is 0 Å². The lowest BCUT2D eigenvalue weighted by Crippen LogP contribution is -2.42. The molecule has 1 unspecified atom stereocenters. The number of nitrogens with zero attached hydrogens (tertiary/aromatic N) is 2. The zero-order chi connectivity index (χ0) is 17.4. The number of carboxylic acids is 1. The van der Waals surface area contributed by atoms with E-state index >= 15 is 0 Å². The van der Waals surface area contributed by atoms with E-state index in [2.05, 4.69) is 0 Å². The second-order valence-electron chi connectivity index (χ2n) is 5.91. The second kappa shape index (κ2) is 6.35. The van der Waals surface area contributed by atoms with Crippen LogP contribution in [0.1, 0.15) is 18.9 Å². The van der Waals surface area contributed by atoms with Crippen LogP contribution in [-0.2, 0) is 21.5 Å². The molecule has 6 nitrogen and oxygen atoms in total. The molecular formula is C14H18ClFN2O4S. The minimum Gasteiger partial charge on any atom is -0.481 e. The van der Waals surface area contributed by atoms with E-state index < -0.39 is 27.4 Å². The number of halogens is 2. The number of hydrogen-bond donors (Lipinski definition) is 1. The Kier molecular flexibility index (Phi) is 5.00. The minimum atomic E-state index is -3.90. The molecule has 0 radical (unpaired) electrons. The Labute approximate surface area is 139 Å². The summed E-state index contributed by atoms with van der Waals surface area (Å²) in [5.74, 6) is -1.62. The molecule has 1 aromatic rings. The Hall–Kier alpha value is -1.22. The fraction of sp³-hybridized carbons (Fsp3) is 0.500.